The number of rotatable bonds is 6. The fourth-order valence-corrected chi connectivity index (χ4v) is 3.50. The van der Waals surface area contributed by atoms with E-state index in [0.29, 0.717) is 18.7 Å². The number of amidine groups is 1. The number of amides is 1. The molecule has 0 spiro atoms. The van der Waals surface area contributed by atoms with E-state index in [9.17, 15) is 18.0 Å². The third-order valence-electron chi connectivity index (χ3n) is 3.50. The fourth-order valence-electron chi connectivity index (χ4n) is 2.25. The van der Waals surface area contributed by atoms with Crippen molar-refractivity contribution in [3.8, 4) is 0 Å². The minimum atomic E-state index is -3.64. The van der Waals surface area contributed by atoms with Crippen LogP contribution in [0.15, 0.2) is 34.2 Å². The molecule has 1 aliphatic rings. The molecule has 1 aromatic carbocycles. The van der Waals surface area contributed by atoms with Crippen LogP contribution in [0, 0.1) is 0 Å². The van der Waals surface area contributed by atoms with E-state index in [0.717, 1.165) is 0 Å². The summed E-state index contributed by atoms with van der Waals surface area (Å²) in [5.41, 5.74) is 0.407. The Kier molecular flexibility index (Phi) is 5.55. The van der Waals surface area contributed by atoms with Gasteiger partial charge in [-0.05, 0) is 26.0 Å². The largest absolute Gasteiger partial charge is 0.454 e. The molecule has 1 aliphatic heterocycles. The van der Waals surface area contributed by atoms with Gasteiger partial charge in [-0.1, -0.05) is 12.1 Å². The Bertz CT molecular complexity index is 769. The SMILES string of the molecule is CCN(CC)C(=O)COC(=O)CN=C1NS(=O)(=O)c2ccccc21. The Morgan fingerprint density at radius 3 is 2.54 bits per heavy atom. The summed E-state index contributed by atoms with van der Waals surface area (Å²) >= 11 is 0. The predicted molar refractivity (Wildman–Crippen MR) is 87.1 cm³/mol. The summed E-state index contributed by atoms with van der Waals surface area (Å²) in [4.78, 5) is 29.1. The highest BCUT2D eigenvalue weighted by Gasteiger charge is 2.30. The Balaban J connectivity index is 1.97. The predicted octanol–water partition coefficient (Wildman–Crippen LogP) is 0.137. The van der Waals surface area contributed by atoms with Crippen molar-refractivity contribution >= 4 is 27.7 Å². The van der Waals surface area contributed by atoms with Gasteiger partial charge in [-0.2, -0.15) is 0 Å². The molecule has 0 unspecified atom stereocenters. The van der Waals surface area contributed by atoms with Gasteiger partial charge in [0.1, 0.15) is 12.4 Å². The number of fused-ring (bicyclic) bond motifs is 1. The molecular weight excluding hydrogens is 334 g/mol. The Morgan fingerprint density at radius 1 is 1.21 bits per heavy atom. The third-order valence-corrected chi connectivity index (χ3v) is 4.90. The van der Waals surface area contributed by atoms with E-state index >= 15 is 0 Å². The van der Waals surface area contributed by atoms with Gasteiger partial charge in [0.15, 0.2) is 6.61 Å². The number of esters is 1. The van der Waals surface area contributed by atoms with Crippen LogP contribution < -0.4 is 4.72 Å². The van der Waals surface area contributed by atoms with E-state index < -0.39 is 16.0 Å². The number of nitrogens with one attached hydrogen (secondary N) is 1. The summed E-state index contributed by atoms with van der Waals surface area (Å²) in [5, 5.41) is 0. The summed E-state index contributed by atoms with van der Waals surface area (Å²) in [5.74, 6) is -0.892. The number of likely N-dealkylation sites (N-methyl/N-ethyl adjacent to an activating group) is 1. The second-order valence-corrected chi connectivity index (χ2v) is 6.64. The lowest BCUT2D eigenvalue weighted by Gasteiger charge is -2.17. The molecule has 0 saturated carbocycles. The van der Waals surface area contributed by atoms with E-state index in [1.807, 2.05) is 13.8 Å². The first kappa shape index (κ1) is 17.9. The molecule has 8 nitrogen and oxygen atoms in total. The number of carbonyl (C=O) groups is 2. The number of nitrogens with zero attached hydrogens (tertiary/aromatic N) is 2. The van der Waals surface area contributed by atoms with Crippen molar-refractivity contribution in [2.24, 2.45) is 4.99 Å². The number of aliphatic imine (C=N–C) groups is 1. The summed E-state index contributed by atoms with van der Waals surface area (Å²) in [7, 11) is -3.64. The maximum absolute atomic E-state index is 11.9. The van der Waals surface area contributed by atoms with Crippen molar-refractivity contribution in [2.45, 2.75) is 18.7 Å². The van der Waals surface area contributed by atoms with Crippen LogP contribution in [0.5, 0.6) is 0 Å². The number of hydrogen-bond acceptors (Lipinski definition) is 6. The first-order valence-electron chi connectivity index (χ1n) is 7.49. The Morgan fingerprint density at radius 2 is 1.88 bits per heavy atom. The summed E-state index contributed by atoms with van der Waals surface area (Å²) in [6.45, 7) is 4.00. The Hall–Kier alpha value is -2.42. The quantitative estimate of drug-likeness (QED) is 0.732. The number of carbonyl (C=O) groups excluding carboxylic acids is 2. The first-order chi connectivity index (χ1) is 11.4. The Labute approximate surface area is 140 Å². The van der Waals surface area contributed by atoms with Crippen LogP contribution in [0.4, 0.5) is 0 Å². The van der Waals surface area contributed by atoms with Gasteiger partial charge in [0, 0.05) is 18.7 Å². The highest BCUT2D eigenvalue weighted by molar-refractivity contribution is 7.90. The lowest BCUT2D eigenvalue weighted by Crippen LogP contribution is -2.34. The minimum Gasteiger partial charge on any atom is -0.454 e. The molecule has 0 saturated heterocycles. The van der Waals surface area contributed by atoms with Crippen LogP contribution in [0.2, 0.25) is 0 Å². The molecule has 1 aromatic rings. The van der Waals surface area contributed by atoms with Crippen LogP contribution in [0.25, 0.3) is 0 Å². The summed E-state index contributed by atoms with van der Waals surface area (Å²) in [6, 6.07) is 6.34. The van der Waals surface area contributed by atoms with Gasteiger partial charge in [0.25, 0.3) is 15.9 Å². The first-order valence-corrected chi connectivity index (χ1v) is 8.97. The standard InChI is InChI=1S/C15H19N3O5S/c1-3-18(4-2)13(19)10-23-14(20)9-16-15-11-7-5-6-8-12(11)24(21,22)17-15/h5-8H,3-4,9-10H2,1-2H3,(H,16,17). The smallest absolute Gasteiger partial charge is 0.328 e. The molecular formula is C15H19N3O5S. The maximum Gasteiger partial charge on any atom is 0.328 e. The van der Waals surface area contributed by atoms with Gasteiger partial charge >= 0.3 is 5.97 Å². The molecule has 130 valence electrons. The molecule has 1 N–H and O–H groups in total. The molecule has 0 aromatic heterocycles. The topological polar surface area (TPSA) is 105 Å². The fraction of sp³-hybridized carbons (Fsp3) is 0.400. The van der Waals surface area contributed by atoms with E-state index in [2.05, 4.69) is 9.71 Å². The van der Waals surface area contributed by atoms with Crippen LogP contribution in [0.3, 0.4) is 0 Å². The van der Waals surface area contributed by atoms with Crippen molar-refractivity contribution in [1.82, 2.24) is 9.62 Å². The molecule has 1 amide bonds. The molecule has 0 atom stereocenters. The van der Waals surface area contributed by atoms with Gasteiger partial charge in [0.2, 0.25) is 0 Å². The minimum absolute atomic E-state index is 0.0950. The van der Waals surface area contributed by atoms with Crippen molar-refractivity contribution in [3.63, 3.8) is 0 Å². The normalized spacial score (nSPS) is 16.3. The second kappa shape index (κ2) is 7.43. The molecule has 24 heavy (non-hydrogen) atoms. The number of ether oxygens (including phenoxy) is 1. The van der Waals surface area contributed by atoms with Crippen molar-refractivity contribution in [1.29, 1.82) is 0 Å². The van der Waals surface area contributed by atoms with E-state index in [-0.39, 0.29) is 29.8 Å². The van der Waals surface area contributed by atoms with E-state index in [4.69, 9.17) is 4.74 Å². The van der Waals surface area contributed by atoms with Gasteiger partial charge in [-0.3, -0.25) is 19.3 Å². The van der Waals surface area contributed by atoms with Crippen molar-refractivity contribution < 1.29 is 22.7 Å². The third kappa shape index (κ3) is 3.91. The zero-order chi connectivity index (χ0) is 17.7. The average Bonchev–Trinajstić information content (AvgIpc) is 2.83. The van der Waals surface area contributed by atoms with E-state index in [1.165, 1.54) is 6.07 Å². The van der Waals surface area contributed by atoms with E-state index in [1.54, 1.807) is 23.1 Å². The van der Waals surface area contributed by atoms with Gasteiger partial charge in [0.05, 0.1) is 4.90 Å². The van der Waals surface area contributed by atoms with Crippen LogP contribution in [-0.2, 0) is 24.3 Å². The molecule has 0 radical (unpaired) electrons. The average molecular weight is 353 g/mol. The number of sulfonamides is 1. The zero-order valence-corrected chi connectivity index (χ0v) is 14.3. The van der Waals surface area contributed by atoms with Gasteiger partial charge < -0.3 is 9.64 Å². The molecule has 0 bridgehead atoms. The monoisotopic (exact) mass is 353 g/mol. The lowest BCUT2D eigenvalue weighted by molar-refractivity contribution is -0.150. The highest BCUT2D eigenvalue weighted by atomic mass is 32.2. The second-order valence-electron chi connectivity index (χ2n) is 4.99. The number of benzene rings is 1. The van der Waals surface area contributed by atoms with Crippen molar-refractivity contribution in [2.75, 3.05) is 26.2 Å². The molecule has 1 heterocycles. The van der Waals surface area contributed by atoms with Crippen LogP contribution in [0.1, 0.15) is 19.4 Å². The molecule has 2 rings (SSSR count). The zero-order valence-electron chi connectivity index (χ0n) is 13.5. The molecule has 9 heteroatoms. The maximum atomic E-state index is 11.9. The summed E-state index contributed by atoms with van der Waals surface area (Å²) < 4.78 is 31.0. The van der Waals surface area contributed by atoms with Gasteiger partial charge in [-0.25, -0.2) is 8.42 Å². The van der Waals surface area contributed by atoms with Crippen molar-refractivity contribution in [3.05, 3.63) is 29.8 Å². The van der Waals surface area contributed by atoms with Crippen LogP contribution >= 0.6 is 0 Å². The lowest BCUT2D eigenvalue weighted by atomic mass is 10.2. The summed E-state index contributed by atoms with van der Waals surface area (Å²) in [6.07, 6.45) is 0. The molecule has 0 fully saturated rings. The van der Waals surface area contributed by atoms with Gasteiger partial charge in [-0.15, -0.1) is 0 Å². The number of hydrogen-bond donors (Lipinski definition) is 1. The highest BCUT2D eigenvalue weighted by Crippen LogP contribution is 2.21. The van der Waals surface area contributed by atoms with Crippen LogP contribution in [-0.4, -0.2) is 57.3 Å². The molecule has 0 aliphatic carbocycles.